The summed E-state index contributed by atoms with van der Waals surface area (Å²) in [6, 6.07) is 7.61. The Morgan fingerprint density at radius 1 is 1.12 bits per heavy atom. The van der Waals surface area contributed by atoms with E-state index in [2.05, 4.69) is 32.4 Å². The number of amides is 1. The number of carbonyl (C=O) groups excluding carboxylic acids is 1. The number of aromatic nitrogens is 4. The van der Waals surface area contributed by atoms with Crippen molar-refractivity contribution in [1.82, 2.24) is 24.4 Å². The first-order valence-electron chi connectivity index (χ1n) is 11.1. The lowest BCUT2D eigenvalue weighted by Crippen LogP contribution is -2.42. The Morgan fingerprint density at radius 3 is 2.69 bits per heavy atom. The predicted molar refractivity (Wildman–Crippen MR) is 120 cm³/mol. The van der Waals surface area contributed by atoms with Crippen LogP contribution in [0.3, 0.4) is 0 Å². The highest BCUT2D eigenvalue weighted by atomic mass is 16.2. The number of piperidine rings is 1. The summed E-state index contributed by atoms with van der Waals surface area (Å²) in [5, 5.41) is 3.16. The number of imidazole rings is 1. The Labute approximate surface area is 184 Å². The van der Waals surface area contributed by atoms with Gasteiger partial charge >= 0.3 is 5.69 Å². The Kier molecular flexibility index (Phi) is 5.38. The number of benzene rings is 1. The zero-order chi connectivity index (χ0) is 22.1. The zero-order valence-electron chi connectivity index (χ0n) is 17.8. The van der Waals surface area contributed by atoms with Gasteiger partial charge in [-0.2, -0.15) is 0 Å². The quantitative estimate of drug-likeness (QED) is 0.568. The molecule has 5 rings (SSSR count). The molecule has 32 heavy (non-hydrogen) atoms. The number of likely N-dealkylation sites (tertiary alicyclic amines) is 1. The van der Waals surface area contributed by atoms with Gasteiger partial charge in [-0.1, -0.05) is 6.07 Å². The zero-order valence-corrected chi connectivity index (χ0v) is 17.8. The van der Waals surface area contributed by atoms with E-state index >= 15 is 0 Å². The number of aromatic amines is 2. The summed E-state index contributed by atoms with van der Waals surface area (Å²) >= 11 is 0. The minimum Gasteiger partial charge on any atom is -0.342 e. The third-order valence-electron chi connectivity index (χ3n) is 6.47. The molecule has 3 aromatic rings. The summed E-state index contributed by atoms with van der Waals surface area (Å²) in [5.41, 5.74) is 3.29. The van der Waals surface area contributed by atoms with Gasteiger partial charge < -0.3 is 15.2 Å². The van der Waals surface area contributed by atoms with E-state index in [-0.39, 0.29) is 17.4 Å². The lowest BCUT2D eigenvalue weighted by molar-refractivity contribution is 0.0676. The normalized spacial score (nSPS) is 16.2. The molecule has 9 nitrogen and oxygen atoms in total. The van der Waals surface area contributed by atoms with E-state index in [0.29, 0.717) is 31.1 Å². The second kappa shape index (κ2) is 8.49. The average molecular weight is 435 g/mol. The predicted octanol–water partition coefficient (Wildman–Crippen LogP) is 2.04. The molecule has 2 aromatic heterocycles. The van der Waals surface area contributed by atoms with Crippen molar-refractivity contribution in [1.29, 1.82) is 0 Å². The van der Waals surface area contributed by atoms with Gasteiger partial charge in [0.2, 0.25) is 0 Å². The van der Waals surface area contributed by atoms with Gasteiger partial charge in [-0.25, -0.2) is 9.78 Å². The smallest absolute Gasteiger partial charge is 0.329 e. The first-order valence-corrected chi connectivity index (χ1v) is 11.1. The molecular formula is C23H26N6O3. The van der Waals surface area contributed by atoms with Gasteiger partial charge in [0.05, 0.1) is 12.5 Å². The van der Waals surface area contributed by atoms with Crippen molar-refractivity contribution in [2.24, 2.45) is 5.92 Å². The maximum atomic E-state index is 12.7. The topological polar surface area (TPSA) is 116 Å². The largest absolute Gasteiger partial charge is 0.342 e. The second-order valence-electron chi connectivity index (χ2n) is 8.60. The number of hydrogen-bond acceptors (Lipinski definition) is 5. The number of anilines is 2. The van der Waals surface area contributed by atoms with Gasteiger partial charge in [0.1, 0.15) is 11.5 Å². The number of hydrogen-bond donors (Lipinski definition) is 3. The molecule has 0 bridgehead atoms. The number of nitrogens with zero attached hydrogens (tertiary/aromatic N) is 3. The van der Waals surface area contributed by atoms with E-state index in [0.717, 1.165) is 31.4 Å². The molecule has 1 aliphatic carbocycles. The van der Waals surface area contributed by atoms with Crippen LogP contribution in [0.25, 0.3) is 0 Å². The van der Waals surface area contributed by atoms with Crippen LogP contribution in [0, 0.1) is 5.92 Å². The highest BCUT2D eigenvalue weighted by Crippen LogP contribution is 2.26. The summed E-state index contributed by atoms with van der Waals surface area (Å²) in [4.78, 5) is 49.0. The lowest BCUT2D eigenvalue weighted by Gasteiger charge is -2.31. The van der Waals surface area contributed by atoms with Crippen LogP contribution in [-0.4, -0.2) is 43.4 Å². The first kappa shape index (κ1) is 20.3. The molecule has 1 fully saturated rings. The van der Waals surface area contributed by atoms with Crippen molar-refractivity contribution in [2.45, 2.75) is 38.6 Å². The van der Waals surface area contributed by atoms with Crippen molar-refractivity contribution in [3.8, 4) is 0 Å². The Balaban J connectivity index is 1.23. The fourth-order valence-electron chi connectivity index (χ4n) is 4.69. The van der Waals surface area contributed by atoms with E-state index in [9.17, 15) is 14.4 Å². The van der Waals surface area contributed by atoms with Gasteiger partial charge in [-0.05, 0) is 61.3 Å². The Bertz CT molecular complexity index is 1200. The van der Waals surface area contributed by atoms with E-state index in [1.54, 1.807) is 4.90 Å². The average Bonchev–Trinajstić information content (AvgIpc) is 3.48. The molecular weight excluding hydrogens is 408 g/mol. The van der Waals surface area contributed by atoms with Crippen LogP contribution in [0.1, 0.15) is 40.9 Å². The van der Waals surface area contributed by atoms with E-state index in [1.165, 1.54) is 40.7 Å². The molecule has 0 atom stereocenters. The van der Waals surface area contributed by atoms with Gasteiger partial charge in [0.25, 0.3) is 11.5 Å². The molecule has 0 spiro atoms. The fourth-order valence-corrected chi connectivity index (χ4v) is 4.69. The number of fused-ring (bicyclic) bond motifs is 1. The monoisotopic (exact) mass is 434 g/mol. The third kappa shape index (κ3) is 4.10. The number of aryl methyl sites for hydroxylation is 2. The lowest BCUT2D eigenvalue weighted by atomic mass is 9.96. The molecule has 166 valence electrons. The molecule has 1 aromatic carbocycles. The van der Waals surface area contributed by atoms with Crippen molar-refractivity contribution in [3.05, 3.63) is 74.4 Å². The van der Waals surface area contributed by atoms with Crippen LogP contribution in [0.4, 0.5) is 11.5 Å². The van der Waals surface area contributed by atoms with Gasteiger partial charge in [0.15, 0.2) is 0 Å². The maximum Gasteiger partial charge on any atom is 0.329 e. The summed E-state index contributed by atoms with van der Waals surface area (Å²) in [7, 11) is 0. The molecule has 0 radical (unpaired) electrons. The fraction of sp³-hybridized carbons (Fsp3) is 0.391. The molecule has 0 saturated carbocycles. The summed E-state index contributed by atoms with van der Waals surface area (Å²) < 4.78 is 1.25. The number of carbonyl (C=O) groups is 1. The van der Waals surface area contributed by atoms with Crippen molar-refractivity contribution in [3.63, 3.8) is 0 Å². The van der Waals surface area contributed by atoms with Gasteiger partial charge in [-0.15, -0.1) is 0 Å². The molecule has 3 N–H and O–H groups in total. The third-order valence-corrected chi connectivity index (χ3v) is 6.47. The second-order valence-corrected chi connectivity index (χ2v) is 8.60. The Hall–Kier alpha value is -3.62. The Morgan fingerprint density at radius 2 is 1.94 bits per heavy atom. The van der Waals surface area contributed by atoms with Gasteiger partial charge in [-0.3, -0.25) is 19.1 Å². The van der Waals surface area contributed by atoms with Crippen LogP contribution in [0.15, 0.2) is 46.4 Å². The van der Waals surface area contributed by atoms with Crippen molar-refractivity contribution >= 4 is 17.4 Å². The van der Waals surface area contributed by atoms with Crippen LogP contribution in [-0.2, 0) is 19.4 Å². The summed E-state index contributed by atoms with van der Waals surface area (Å²) in [6.45, 7) is 1.53. The molecule has 1 amide bonds. The maximum absolute atomic E-state index is 12.7. The highest BCUT2D eigenvalue weighted by molar-refractivity contribution is 5.92. The standard InChI is InChI=1S/C23H26N6O3/c30-21-11-20(26-18-5-4-16-2-1-3-17(16)10-18)27-23(32)29(21)13-15-6-8-28(9-7-15)22(31)19-12-24-14-25-19/h4-5,10-12,14-15,26H,1-3,6-9,13H2,(H,24,25)(H,27,32). The van der Waals surface area contributed by atoms with Crippen LogP contribution in [0.2, 0.25) is 0 Å². The number of rotatable bonds is 5. The van der Waals surface area contributed by atoms with Crippen molar-refractivity contribution < 1.29 is 4.79 Å². The molecule has 3 heterocycles. The van der Waals surface area contributed by atoms with E-state index in [4.69, 9.17) is 0 Å². The number of nitrogens with one attached hydrogen (secondary N) is 3. The number of H-pyrrole nitrogens is 2. The van der Waals surface area contributed by atoms with Gasteiger partial charge in [0, 0.05) is 31.4 Å². The minimum atomic E-state index is -0.419. The van der Waals surface area contributed by atoms with E-state index in [1.807, 2.05) is 6.07 Å². The molecule has 2 aliphatic rings. The highest BCUT2D eigenvalue weighted by Gasteiger charge is 2.25. The molecule has 9 heteroatoms. The van der Waals surface area contributed by atoms with E-state index < -0.39 is 5.69 Å². The van der Waals surface area contributed by atoms with Crippen LogP contribution < -0.4 is 16.6 Å². The van der Waals surface area contributed by atoms with Crippen LogP contribution in [0.5, 0.6) is 0 Å². The van der Waals surface area contributed by atoms with Crippen molar-refractivity contribution in [2.75, 3.05) is 18.4 Å². The molecule has 0 unspecified atom stereocenters. The molecule has 1 aliphatic heterocycles. The SMILES string of the molecule is O=C(c1cnc[nH]1)N1CCC(Cn2c(=O)cc(Nc3ccc4c(c3)CCC4)[nH]c2=O)CC1. The minimum absolute atomic E-state index is 0.0713. The summed E-state index contributed by atoms with van der Waals surface area (Å²) in [6.07, 6.45) is 7.82. The molecule has 1 saturated heterocycles. The summed E-state index contributed by atoms with van der Waals surface area (Å²) in [5.74, 6) is 0.488. The van der Waals surface area contributed by atoms with Crippen LogP contribution >= 0.6 is 0 Å². The first-order chi connectivity index (χ1) is 15.6.